The van der Waals surface area contributed by atoms with Gasteiger partial charge in [-0.25, -0.2) is 0 Å². The van der Waals surface area contributed by atoms with E-state index in [4.69, 9.17) is 11.6 Å². The minimum absolute atomic E-state index is 0.101. The van der Waals surface area contributed by atoms with Gasteiger partial charge in [0, 0.05) is 18.3 Å². The minimum atomic E-state index is -0.101. The SMILES string of the molecule is O=C(c1ccccc1Cl)c1cccn1C/C=C/c1cccc(O)c1. The first-order valence-electron chi connectivity index (χ1n) is 7.55. The van der Waals surface area contributed by atoms with Crippen LogP contribution >= 0.6 is 11.6 Å². The van der Waals surface area contributed by atoms with E-state index in [1.54, 1.807) is 48.5 Å². The summed E-state index contributed by atoms with van der Waals surface area (Å²) in [5.74, 6) is 0.129. The summed E-state index contributed by atoms with van der Waals surface area (Å²) in [5, 5.41) is 9.92. The van der Waals surface area contributed by atoms with Gasteiger partial charge in [-0.15, -0.1) is 0 Å². The van der Waals surface area contributed by atoms with Crippen LogP contribution in [0.25, 0.3) is 6.08 Å². The fourth-order valence-electron chi connectivity index (χ4n) is 2.49. The Hall–Kier alpha value is -2.78. The van der Waals surface area contributed by atoms with Crippen molar-refractivity contribution in [1.29, 1.82) is 0 Å². The molecule has 24 heavy (non-hydrogen) atoms. The Morgan fingerprint density at radius 1 is 1.08 bits per heavy atom. The van der Waals surface area contributed by atoms with E-state index in [1.807, 2.05) is 35.0 Å². The number of carbonyl (C=O) groups excluding carboxylic acids is 1. The zero-order valence-electron chi connectivity index (χ0n) is 12.9. The van der Waals surface area contributed by atoms with E-state index in [9.17, 15) is 9.90 Å². The molecule has 0 radical (unpaired) electrons. The van der Waals surface area contributed by atoms with Gasteiger partial charge in [0.15, 0.2) is 0 Å². The molecule has 1 aromatic heterocycles. The Morgan fingerprint density at radius 2 is 1.92 bits per heavy atom. The maximum Gasteiger partial charge on any atom is 0.210 e. The van der Waals surface area contributed by atoms with Gasteiger partial charge in [0.25, 0.3) is 0 Å². The smallest absolute Gasteiger partial charge is 0.210 e. The van der Waals surface area contributed by atoms with Crippen molar-refractivity contribution in [2.45, 2.75) is 6.54 Å². The van der Waals surface area contributed by atoms with Crippen LogP contribution in [-0.4, -0.2) is 15.5 Å². The summed E-state index contributed by atoms with van der Waals surface area (Å²) in [6.07, 6.45) is 5.71. The molecule has 4 heteroatoms. The number of benzene rings is 2. The monoisotopic (exact) mass is 337 g/mol. The number of hydrogen-bond donors (Lipinski definition) is 1. The third kappa shape index (κ3) is 3.58. The third-order valence-electron chi connectivity index (χ3n) is 3.66. The van der Waals surface area contributed by atoms with Crippen LogP contribution in [0.2, 0.25) is 5.02 Å². The first-order valence-corrected chi connectivity index (χ1v) is 7.93. The predicted molar refractivity (Wildman–Crippen MR) is 96.5 cm³/mol. The van der Waals surface area contributed by atoms with Crippen molar-refractivity contribution >= 4 is 23.5 Å². The molecule has 0 aliphatic rings. The predicted octanol–water partition coefficient (Wildman–Crippen LogP) is 4.79. The van der Waals surface area contributed by atoms with Crippen LogP contribution in [0, 0.1) is 0 Å². The topological polar surface area (TPSA) is 42.2 Å². The third-order valence-corrected chi connectivity index (χ3v) is 3.99. The van der Waals surface area contributed by atoms with E-state index >= 15 is 0 Å². The first kappa shape index (κ1) is 16.1. The molecule has 1 heterocycles. The number of rotatable bonds is 5. The van der Waals surface area contributed by atoms with E-state index in [-0.39, 0.29) is 11.5 Å². The lowest BCUT2D eigenvalue weighted by Gasteiger charge is -2.07. The van der Waals surface area contributed by atoms with Crippen molar-refractivity contribution in [2.75, 3.05) is 0 Å². The second-order valence-corrected chi connectivity index (χ2v) is 5.76. The van der Waals surface area contributed by atoms with Crippen LogP contribution in [0.15, 0.2) is 72.9 Å². The van der Waals surface area contributed by atoms with Crippen LogP contribution in [0.3, 0.4) is 0 Å². The van der Waals surface area contributed by atoms with Crippen molar-refractivity contribution in [2.24, 2.45) is 0 Å². The van der Waals surface area contributed by atoms with Crippen molar-refractivity contribution in [3.05, 3.63) is 94.8 Å². The fourth-order valence-corrected chi connectivity index (χ4v) is 2.72. The van der Waals surface area contributed by atoms with E-state index in [0.29, 0.717) is 22.8 Å². The van der Waals surface area contributed by atoms with Crippen LogP contribution < -0.4 is 0 Å². The average molecular weight is 338 g/mol. The normalized spacial score (nSPS) is 11.0. The van der Waals surface area contributed by atoms with E-state index < -0.39 is 0 Å². The Labute approximate surface area is 145 Å². The molecule has 0 atom stereocenters. The second kappa shape index (κ2) is 7.20. The maximum atomic E-state index is 12.7. The number of ketones is 1. The summed E-state index contributed by atoms with van der Waals surface area (Å²) < 4.78 is 1.87. The number of hydrogen-bond acceptors (Lipinski definition) is 2. The number of halogens is 1. The molecule has 0 spiro atoms. The summed E-state index contributed by atoms with van der Waals surface area (Å²) in [7, 11) is 0. The molecule has 0 aliphatic carbocycles. The van der Waals surface area contributed by atoms with Gasteiger partial charge < -0.3 is 9.67 Å². The number of nitrogens with zero attached hydrogens (tertiary/aromatic N) is 1. The molecule has 3 rings (SSSR count). The van der Waals surface area contributed by atoms with Gasteiger partial charge in [-0.1, -0.05) is 48.0 Å². The molecule has 0 bridgehead atoms. The fraction of sp³-hybridized carbons (Fsp3) is 0.0500. The molecule has 0 saturated carbocycles. The summed E-state index contributed by atoms with van der Waals surface area (Å²) in [5.41, 5.74) is 1.99. The number of allylic oxidation sites excluding steroid dienone is 1. The highest BCUT2D eigenvalue weighted by atomic mass is 35.5. The highest BCUT2D eigenvalue weighted by Gasteiger charge is 2.15. The quantitative estimate of drug-likeness (QED) is 0.680. The van der Waals surface area contributed by atoms with Crippen molar-refractivity contribution in [3.8, 4) is 5.75 Å². The highest BCUT2D eigenvalue weighted by molar-refractivity contribution is 6.34. The van der Waals surface area contributed by atoms with E-state index in [1.165, 1.54) is 0 Å². The van der Waals surface area contributed by atoms with Gasteiger partial charge >= 0.3 is 0 Å². The van der Waals surface area contributed by atoms with Gasteiger partial charge in [0.2, 0.25) is 5.78 Å². The summed E-state index contributed by atoms with van der Waals surface area (Å²) >= 11 is 6.12. The highest BCUT2D eigenvalue weighted by Crippen LogP contribution is 2.19. The number of phenolic OH excluding ortho intramolecular Hbond substituents is 1. The largest absolute Gasteiger partial charge is 0.508 e. The molecular weight excluding hydrogens is 322 g/mol. The number of carbonyl (C=O) groups is 1. The molecule has 0 aliphatic heterocycles. The molecule has 3 nitrogen and oxygen atoms in total. The van der Waals surface area contributed by atoms with E-state index in [0.717, 1.165) is 5.56 Å². The Kier molecular flexibility index (Phi) is 4.82. The average Bonchev–Trinajstić information content (AvgIpc) is 3.03. The Bertz CT molecular complexity index is 896. The molecule has 3 aromatic rings. The van der Waals surface area contributed by atoms with Gasteiger partial charge in [-0.3, -0.25) is 4.79 Å². The Morgan fingerprint density at radius 3 is 2.71 bits per heavy atom. The molecule has 120 valence electrons. The lowest BCUT2D eigenvalue weighted by molar-refractivity contribution is 0.103. The van der Waals surface area contributed by atoms with Gasteiger partial charge in [0.05, 0.1) is 10.7 Å². The standard InChI is InChI=1S/C20H16ClNO2/c21-18-10-2-1-9-17(18)20(24)19-11-5-13-22(19)12-4-7-15-6-3-8-16(23)14-15/h1-11,13-14,23H,12H2/b7-4+. The van der Waals surface area contributed by atoms with Crippen LogP contribution in [0.5, 0.6) is 5.75 Å². The van der Waals surface area contributed by atoms with Gasteiger partial charge in [0.1, 0.15) is 5.75 Å². The molecular formula is C20H16ClNO2. The number of aromatic nitrogens is 1. The van der Waals surface area contributed by atoms with Gasteiger partial charge in [-0.05, 0) is 42.0 Å². The van der Waals surface area contributed by atoms with Crippen molar-refractivity contribution in [3.63, 3.8) is 0 Å². The Balaban J connectivity index is 1.78. The molecule has 0 unspecified atom stereocenters. The second-order valence-electron chi connectivity index (χ2n) is 5.35. The zero-order valence-corrected chi connectivity index (χ0v) is 13.6. The minimum Gasteiger partial charge on any atom is -0.508 e. The van der Waals surface area contributed by atoms with E-state index in [2.05, 4.69) is 0 Å². The maximum absolute atomic E-state index is 12.7. The summed E-state index contributed by atoms with van der Waals surface area (Å²) in [6.45, 7) is 0.550. The summed E-state index contributed by atoms with van der Waals surface area (Å²) in [6, 6.07) is 17.7. The van der Waals surface area contributed by atoms with Crippen molar-refractivity contribution < 1.29 is 9.90 Å². The first-order chi connectivity index (χ1) is 11.6. The van der Waals surface area contributed by atoms with Crippen LogP contribution in [0.4, 0.5) is 0 Å². The molecule has 0 amide bonds. The molecule has 0 saturated heterocycles. The molecule has 0 fully saturated rings. The number of phenols is 1. The molecule has 2 aromatic carbocycles. The zero-order chi connectivity index (χ0) is 16.9. The summed E-state index contributed by atoms with van der Waals surface area (Å²) in [4.78, 5) is 12.7. The van der Waals surface area contributed by atoms with Gasteiger partial charge in [-0.2, -0.15) is 0 Å². The lowest BCUT2D eigenvalue weighted by atomic mass is 10.1. The van der Waals surface area contributed by atoms with Crippen molar-refractivity contribution in [1.82, 2.24) is 4.57 Å². The molecule has 1 N–H and O–H groups in total. The lowest BCUT2D eigenvalue weighted by Crippen LogP contribution is -2.09. The van der Waals surface area contributed by atoms with Crippen LogP contribution in [-0.2, 0) is 6.54 Å². The number of aromatic hydroxyl groups is 1. The van der Waals surface area contributed by atoms with Crippen LogP contribution in [0.1, 0.15) is 21.6 Å².